The van der Waals surface area contributed by atoms with Gasteiger partial charge in [0, 0.05) is 18.8 Å². The molecule has 0 amide bonds. The molecule has 0 unspecified atom stereocenters. The van der Waals surface area contributed by atoms with Gasteiger partial charge in [-0.2, -0.15) is 0 Å². The summed E-state index contributed by atoms with van der Waals surface area (Å²) in [5.41, 5.74) is 6.35. The lowest BCUT2D eigenvalue weighted by Crippen LogP contribution is -2.34. The molecule has 0 atom stereocenters. The Kier molecular flexibility index (Phi) is 5.62. The zero-order valence-electron chi connectivity index (χ0n) is 11.6. The number of amidine groups is 1. The minimum absolute atomic E-state index is 0.0826. The minimum atomic E-state index is 0.0826. The Morgan fingerprint density at radius 3 is 2.72 bits per heavy atom. The highest BCUT2D eigenvalue weighted by Crippen LogP contribution is 2.20. The monoisotopic (exact) mass is 248 g/mol. The molecule has 1 aromatic rings. The Labute approximate surface area is 110 Å². The van der Waals surface area contributed by atoms with Gasteiger partial charge in [-0.1, -0.05) is 19.8 Å². The number of hydrogen-bond donors (Lipinski definition) is 2. The molecule has 1 heterocycles. The zero-order chi connectivity index (χ0) is 13.5. The predicted molar refractivity (Wildman–Crippen MR) is 77.3 cm³/mol. The Morgan fingerprint density at radius 1 is 1.44 bits per heavy atom. The minimum Gasteiger partial charge on any atom is -0.384 e. The van der Waals surface area contributed by atoms with Gasteiger partial charge >= 0.3 is 0 Å². The van der Waals surface area contributed by atoms with Crippen molar-refractivity contribution in [2.45, 2.75) is 46.1 Å². The number of unbranched alkanes of at least 4 members (excludes halogenated alkanes) is 2. The molecule has 0 bridgehead atoms. The van der Waals surface area contributed by atoms with E-state index in [-0.39, 0.29) is 5.84 Å². The maximum atomic E-state index is 7.63. The first-order valence-electron chi connectivity index (χ1n) is 6.64. The van der Waals surface area contributed by atoms with E-state index in [9.17, 15) is 0 Å². The summed E-state index contributed by atoms with van der Waals surface area (Å²) in [5.74, 6) is 0.912. The van der Waals surface area contributed by atoms with Gasteiger partial charge in [0.25, 0.3) is 0 Å². The molecule has 4 nitrogen and oxygen atoms in total. The number of rotatable bonds is 7. The summed E-state index contributed by atoms with van der Waals surface area (Å²) < 4.78 is 0. The number of nitrogens with zero attached hydrogens (tertiary/aromatic N) is 2. The molecule has 4 heteroatoms. The van der Waals surface area contributed by atoms with Gasteiger partial charge in [0.1, 0.15) is 11.7 Å². The fourth-order valence-corrected chi connectivity index (χ4v) is 1.98. The first kappa shape index (κ1) is 14.5. The van der Waals surface area contributed by atoms with Gasteiger partial charge in [-0.15, -0.1) is 0 Å². The first-order valence-corrected chi connectivity index (χ1v) is 6.64. The SMILES string of the molecule is CCCCCN(c1ncccc1C(=N)N)C(C)C. The van der Waals surface area contributed by atoms with Crippen LogP contribution in [0.4, 0.5) is 5.82 Å². The molecule has 1 aromatic heterocycles. The van der Waals surface area contributed by atoms with E-state index < -0.39 is 0 Å². The van der Waals surface area contributed by atoms with Crippen LogP contribution in [0.5, 0.6) is 0 Å². The van der Waals surface area contributed by atoms with Crippen LogP contribution in [0.25, 0.3) is 0 Å². The smallest absolute Gasteiger partial charge is 0.139 e. The van der Waals surface area contributed by atoms with E-state index in [1.807, 2.05) is 12.1 Å². The molecule has 0 spiro atoms. The van der Waals surface area contributed by atoms with Crippen molar-refractivity contribution in [1.29, 1.82) is 5.41 Å². The van der Waals surface area contributed by atoms with E-state index in [0.29, 0.717) is 6.04 Å². The van der Waals surface area contributed by atoms with Crippen LogP contribution in [0.15, 0.2) is 18.3 Å². The van der Waals surface area contributed by atoms with Gasteiger partial charge in [0.2, 0.25) is 0 Å². The number of nitrogen functional groups attached to an aromatic ring is 1. The van der Waals surface area contributed by atoms with Gasteiger partial charge in [-0.25, -0.2) is 4.98 Å². The van der Waals surface area contributed by atoms with Gasteiger partial charge in [0.15, 0.2) is 0 Å². The summed E-state index contributed by atoms with van der Waals surface area (Å²) in [6, 6.07) is 4.04. The van der Waals surface area contributed by atoms with E-state index in [2.05, 4.69) is 30.7 Å². The second kappa shape index (κ2) is 6.99. The van der Waals surface area contributed by atoms with Crippen molar-refractivity contribution < 1.29 is 0 Å². The molecule has 0 radical (unpaired) electrons. The molecule has 0 aliphatic carbocycles. The molecule has 0 aromatic carbocycles. The normalized spacial score (nSPS) is 10.7. The van der Waals surface area contributed by atoms with Gasteiger partial charge < -0.3 is 10.6 Å². The second-order valence-electron chi connectivity index (χ2n) is 4.78. The van der Waals surface area contributed by atoms with Gasteiger partial charge in [0.05, 0.1) is 5.56 Å². The van der Waals surface area contributed by atoms with Crippen molar-refractivity contribution in [3.05, 3.63) is 23.9 Å². The van der Waals surface area contributed by atoms with E-state index in [1.165, 1.54) is 12.8 Å². The van der Waals surface area contributed by atoms with Crippen LogP contribution in [0, 0.1) is 5.41 Å². The molecule has 0 saturated heterocycles. The lowest BCUT2D eigenvalue weighted by Gasteiger charge is -2.29. The number of pyridine rings is 1. The number of aromatic nitrogens is 1. The van der Waals surface area contributed by atoms with Crippen molar-refractivity contribution in [3.8, 4) is 0 Å². The van der Waals surface area contributed by atoms with Crippen LogP contribution >= 0.6 is 0 Å². The van der Waals surface area contributed by atoms with Gasteiger partial charge in [-0.05, 0) is 32.4 Å². The van der Waals surface area contributed by atoms with Crippen LogP contribution in [0.1, 0.15) is 45.6 Å². The summed E-state index contributed by atoms with van der Waals surface area (Å²) in [6.07, 6.45) is 5.32. The Bertz CT molecular complexity index is 387. The third-order valence-electron chi connectivity index (χ3n) is 2.97. The second-order valence-corrected chi connectivity index (χ2v) is 4.78. The molecule has 0 aliphatic rings. The number of hydrogen-bond acceptors (Lipinski definition) is 3. The summed E-state index contributed by atoms with van der Waals surface area (Å²) in [6.45, 7) is 7.44. The summed E-state index contributed by atoms with van der Waals surface area (Å²) >= 11 is 0. The van der Waals surface area contributed by atoms with Crippen LogP contribution in [-0.4, -0.2) is 23.4 Å². The largest absolute Gasteiger partial charge is 0.384 e. The summed E-state index contributed by atoms with van der Waals surface area (Å²) in [4.78, 5) is 6.63. The molecular formula is C14H24N4. The molecule has 0 aliphatic heterocycles. The van der Waals surface area contributed by atoms with Crippen LogP contribution in [-0.2, 0) is 0 Å². The Balaban J connectivity index is 2.94. The van der Waals surface area contributed by atoms with Crippen molar-refractivity contribution in [1.82, 2.24) is 4.98 Å². The highest BCUT2D eigenvalue weighted by Gasteiger charge is 2.16. The number of nitrogens with two attached hydrogens (primary N) is 1. The highest BCUT2D eigenvalue weighted by molar-refractivity contribution is 5.99. The van der Waals surface area contributed by atoms with Crippen molar-refractivity contribution in [2.24, 2.45) is 5.73 Å². The molecule has 1 rings (SSSR count). The lowest BCUT2D eigenvalue weighted by atomic mass is 10.1. The van der Waals surface area contributed by atoms with Crippen LogP contribution in [0.3, 0.4) is 0 Å². The van der Waals surface area contributed by atoms with Crippen molar-refractivity contribution in [2.75, 3.05) is 11.4 Å². The van der Waals surface area contributed by atoms with Crippen molar-refractivity contribution >= 4 is 11.7 Å². The number of nitrogens with one attached hydrogen (secondary N) is 1. The first-order chi connectivity index (χ1) is 8.57. The Hall–Kier alpha value is -1.58. The van der Waals surface area contributed by atoms with Gasteiger partial charge in [-0.3, -0.25) is 5.41 Å². The number of anilines is 1. The molecular weight excluding hydrogens is 224 g/mol. The predicted octanol–water partition coefficient (Wildman–Crippen LogP) is 2.77. The fraction of sp³-hybridized carbons (Fsp3) is 0.571. The molecule has 0 fully saturated rings. The molecule has 3 N–H and O–H groups in total. The lowest BCUT2D eigenvalue weighted by molar-refractivity contribution is 0.619. The van der Waals surface area contributed by atoms with Crippen LogP contribution in [0.2, 0.25) is 0 Å². The fourth-order valence-electron chi connectivity index (χ4n) is 1.98. The maximum Gasteiger partial charge on any atom is 0.139 e. The van der Waals surface area contributed by atoms with E-state index >= 15 is 0 Å². The van der Waals surface area contributed by atoms with E-state index in [1.54, 1.807) is 6.20 Å². The molecule has 18 heavy (non-hydrogen) atoms. The Morgan fingerprint density at radius 2 is 2.17 bits per heavy atom. The average Bonchev–Trinajstić information content (AvgIpc) is 2.34. The molecule has 100 valence electrons. The highest BCUT2D eigenvalue weighted by atomic mass is 15.2. The summed E-state index contributed by atoms with van der Waals surface area (Å²) in [7, 11) is 0. The average molecular weight is 248 g/mol. The summed E-state index contributed by atoms with van der Waals surface area (Å²) in [5, 5.41) is 7.63. The van der Waals surface area contributed by atoms with Crippen LogP contribution < -0.4 is 10.6 Å². The zero-order valence-corrected chi connectivity index (χ0v) is 11.6. The standard InChI is InChI=1S/C14H24N4/c1-4-5-6-10-18(11(2)3)14-12(13(15)16)8-7-9-17-14/h7-9,11H,4-6,10H2,1-3H3,(H3,15,16). The third-order valence-corrected chi connectivity index (χ3v) is 2.97. The quantitative estimate of drug-likeness (QED) is 0.443. The maximum absolute atomic E-state index is 7.63. The van der Waals surface area contributed by atoms with E-state index in [0.717, 1.165) is 24.3 Å². The van der Waals surface area contributed by atoms with E-state index in [4.69, 9.17) is 11.1 Å². The van der Waals surface area contributed by atoms with Crippen molar-refractivity contribution in [3.63, 3.8) is 0 Å². The molecule has 0 saturated carbocycles. The third kappa shape index (κ3) is 3.72. The topological polar surface area (TPSA) is 66.0 Å².